The number of rotatable bonds is 5. The van der Waals surface area contributed by atoms with E-state index in [2.05, 4.69) is 10.0 Å². The Morgan fingerprint density at radius 1 is 1.73 bits per heavy atom. The first-order valence-corrected chi connectivity index (χ1v) is 5.14. The molecule has 84 valence electrons. The predicted octanol–water partition coefficient (Wildman–Crippen LogP) is 1.18. The van der Waals surface area contributed by atoms with Crippen LogP contribution in [-0.4, -0.2) is 43.7 Å². The van der Waals surface area contributed by atoms with Gasteiger partial charge in [-0.25, -0.2) is 0 Å². The molecule has 1 amide bonds. The number of hydrogen-bond acceptors (Lipinski definition) is 3. The van der Waals surface area contributed by atoms with Gasteiger partial charge in [0, 0.05) is 30.5 Å². The normalized spacial score (nSPS) is 20.1. The van der Waals surface area contributed by atoms with Crippen molar-refractivity contribution in [3.8, 4) is 0 Å². The van der Waals surface area contributed by atoms with E-state index in [1.54, 1.807) is 4.90 Å². The summed E-state index contributed by atoms with van der Waals surface area (Å²) in [5, 5.41) is 3.26. The number of likely N-dealkylation sites (tertiary alicyclic amines) is 1. The molecule has 0 bridgehead atoms. The van der Waals surface area contributed by atoms with Gasteiger partial charge in [0.15, 0.2) is 0 Å². The van der Waals surface area contributed by atoms with E-state index in [1.165, 1.54) is 0 Å². The van der Waals surface area contributed by atoms with Gasteiger partial charge in [0.05, 0.1) is 6.61 Å². The van der Waals surface area contributed by atoms with Crippen LogP contribution in [0.2, 0.25) is 0 Å². The number of azide groups is 1. The fraction of sp³-hybridized carbons (Fsp3) is 0.889. The predicted molar refractivity (Wildman–Crippen MR) is 55.2 cm³/mol. The molecule has 15 heavy (non-hydrogen) atoms. The molecule has 0 aliphatic carbocycles. The molecule has 1 fully saturated rings. The minimum Gasteiger partial charge on any atom is -0.381 e. The summed E-state index contributed by atoms with van der Waals surface area (Å²) in [5.74, 6) is 0.340. The van der Waals surface area contributed by atoms with E-state index >= 15 is 0 Å². The van der Waals surface area contributed by atoms with E-state index in [4.69, 9.17) is 10.3 Å². The number of ether oxygens (including phenoxy) is 1. The minimum absolute atomic E-state index is 0.0716. The molecule has 0 unspecified atom stereocenters. The molecule has 0 saturated carbocycles. The number of carbonyl (C=O) groups excluding carboxylic acids is 1. The fourth-order valence-corrected chi connectivity index (χ4v) is 1.67. The van der Waals surface area contributed by atoms with E-state index < -0.39 is 0 Å². The van der Waals surface area contributed by atoms with Gasteiger partial charge in [-0.3, -0.25) is 4.79 Å². The molecule has 0 aromatic carbocycles. The van der Waals surface area contributed by atoms with Gasteiger partial charge in [0.1, 0.15) is 6.54 Å². The molecule has 0 aromatic rings. The molecule has 1 saturated heterocycles. The number of carbonyl (C=O) groups is 1. The van der Waals surface area contributed by atoms with E-state index in [1.807, 2.05) is 6.92 Å². The molecule has 1 aliphatic heterocycles. The van der Waals surface area contributed by atoms with Crippen molar-refractivity contribution in [2.24, 2.45) is 11.0 Å². The van der Waals surface area contributed by atoms with Crippen LogP contribution >= 0.6 is 0 Å². The van der Waals surface area contributed by atoms with Gasteiger partial charge in [-0.05, 0) is 18.9 Å². The van der Waals surface area contributed by atoms with Crippen molar-refractivity contribution in [2.45, 2.75) is 13.3 Å². The van der Waals surface area contributed by atoms with Crippen LogP contribution in [0.25, 0.3) is 10.4 Å². The quantitative estimate of drug-likeness (QED) is 0.389. The second kappa shape index (κ2) is 6.27. The van der Waals surface area contributed by atoms with Crippen LogP contribution in [0.1, 0.15) is 13.3 Å². The van der Waals surface area contributed by atoms with Crippen LogP contribution < -0.4 is 0 Å². The summed E-state index contributed by atoms with van der Waals surface area (Å²) in [6.45, 7) is 4.78. The zero-order valence-corrected chi connectivity index (χ0v) is 8.93. The lowest BCUT2D eigenvalue weighted by atomic mass is 10.1. The average Bonchev–Trinajstić information content (AvgIpc) is 2.71. The van der Waals surface area contributed by atoms with Crippen molar-refractivity contribution in [3.05, 3.63) is 10.4 Å². The van der Waals surface area contributed by atoms with E-state index in [-0.39, 0.29) is 12.5 Å². The highest BCUT2D eigenvalue weighted by atomic mass is 16.5. The SMILES string of the molecule is CCOC[C@@H]1CCN(C(=O)CN=[N+]=[N-])C1. The van der Waals surface area contributed by atoms with E-state index in [0.29, 0.717) is 19.1 Å². The lowest BCUT2D eigenvalue weighted by Gasteiger charge is -2.15. The first-order chi connectivity index (χ1) is 7.27. The second-order valence-electron chi connectivity index (χ2n) is 3.54. The van der Waals surface area contributed by atoms with Gasteiger partial charge in [-0.15, -0.1) is 0 Å². The van der Waals surface area contributed by atoms with Gasteiger partial charge in [-0.1, -0.05) is 5.11 Å². The Labute approximate surface area is 88.8 Å². The van der Waals surface area contributed by atoms with E-state index in [0.717, 1.165) is 19.5 Å². The molecule has 6 heteroatoms. The van der Waals surface area contributed by atoms with Crippen LogP contribution in [0.5, 0.6) is 0 Å². The Kier molecular flexibility index (Phi) is 4.93. The first kappa shape index (κ1) is 11.8. The average molecular weight is 212 g/mol. The molecular formula is C9H16N4O2. The zero-order valence-electron chi connectivity index (χ0n) is 8.93. The van der Waals surface area contributed by atoms with Crippen LogP contribution in [0.15, 0.2) is 5.11 Å². The van der Waals surface area contributed by atoms with Crippen LogP contribution in [-0.2, 0) is 9.53 Å². The number of hydrogen-bond donors (Lipinski definition) is 0. The largest absolute Gasteiger partial charge is 0.381 e. The summed E-state index contributed by atoms with van der Waals surface area (Å²) in [6.07, 6.45) is 0.974. The molecule has 0 radical (unpaired) electrons. The lowest BCUT2D eigenvalue weighted by molar-refractivity contribution is -0.128. The van der Waals surface area contributed by atoms with Crippen molar-refractivity contribution in [2.75, 3.05) is 32.8 Å². The van der Waals surface area contributed by atoms with Crippen molar-refractivity contribution in [1.29, 1.82) is 0 Å². The molecule has 1 atom stereocenters. The summed E-state index contributed by atoms with van der Waals surface area (Å²) in [4.78, 5) is 15.7. The third kappa shape index (κ3) is 3.77. The smallest absolute Gasteiger partial charge is 0.228 e. The van der Waals surface area contributed by atoms with Crippen LogP contribution in [0.3, 0.4) is 0 Å². The summed E-state index contributed by atoms with van der Waals surface area (Å²) >= 11 is 0. The molecular weight excluding hydrogens is 196 g/mol. The standard InChI is InChI=1S/C9H16N4O2/c1-2-15-7-8-3-4-13(6-8)9(14)5-11-12-10/h8H,2-7H2,1H3/t8-/m1/s1. The van der Waals surface area contributed by atoms with Crippen LogP contribution in [0.4, 0.5) is 0 Å². The maximum absolute atomic E-state index is 11.4. The first-order valence-electron chi connectivity index (χ1n) is 5.14. The Bertz CT molecular complexity index is 263. The molecule has 6 nitrogen and oxygen atoms in total. The van der Waals surface area contributed by atoms with Crippen molar-refractivity contribution >= 4 is 5.91 Å². The van der Waals surface area contributed by atoms with Crippen molar-refractivity contribution in [1.82, 2.24) is 4.90 Å². The van der Waals surface area contributed by atoms with Crippen molar-refractivity contribution < 1.29 is 9.53 Å². The molecule has 0 N–H and O–H groups in total. The Hall–Kier alpha value is -1.26. The monoisotopic (exact) mass is 212 g/mol. The van der Waals surface area contributed by atoms with Crippen molar-refractivity contribution in [3.63, 3.8) is 0 Å². The third-order valence-corrected chi connectivity index (χ3v) is 2.47. The number of amides is 1. The Balaban J connectivity index is 2.28. The highest BCUT2D eigenvalue weighted by Crippen LogP contribution is 2.16. The second-order valence-corrected chi connectivity index (χ2v) is 3.54. The van der Waals surface area contributed by atoms with Gasteiger partial charge in [0.25, 0.3) is 0 Å². The highest BCUT2D eigenvalue weighted by Gasteiger charge is 2.25. The topological polar surface area (TPSA) is 78.3 Å². The van der Waals surface area contributed by atoms with Gasteiger partial charge >= 0.3 is 0 Å². The summed E-state index contributed by atoms with van der Waals surface area (Å²) < 4.78 is 5.31. The zero-order chi connectivity index (χ0) is 11.1. The molecule has 1 aliphatic rings. The third-order valence-electron chi connectivity index (χ3n) is 2.47. The van der Waals surface area contributed by atoms with E-state index in [9.17, 15) is 4.79 Å². The summed E-state index contributed by atoms with van der Waals surface area (Å²) in [5.41, 5.74) is 8.09. The van der Waals surface area contributed by atoms with Gasteiger partial charge in [0.2, 0.25) is 5.91 Å². The van der Waals surface area contributed by atoms with Gasteiger partial charge < -0.3 is 9.64 Å². The Morgan fingerprint density at radius 2 is 2.53 bits per heavy atom. The summed E-state index contributed by atoms with van der Waals surface area (Å²) in [6, 6.07) is 0. The van der Waals surface area contributed by atoms with Gasteiger partial charge in [-0.2, -0.15) is 0 Å². The summed E-state index contributed by atoms with van der Waals surface area (Å²) in [7, 11) is 0. The Morgan fingerprint density at radius 3 is 3.20 bits per heavy atom. The molecule has 1 heterocycles. The highest BCUT2D eigenvalue weighted by molar-refractivity contribution is 5.78. The lowest BCUT2D eigenvalue weighted by Crippen LogP contribution is -2.30. The maximum Gasteiger partial charge on any atom is 0.228 e. The molecule has 0 aromatic heterocycles. The molecule has 1 rings (SSSR count). The minimum atomic E-state index is -0.0909. The molecule has 0 spiro atoms. The fourth-order valence-electron chi connectivity index (χ4n) is 1.67. The number of nitrogens with zero attached hydrogens (tertiary/aromatic N) is 4. The maximum atomic E-state index is 11.4. The van der Waals surface area contributed by atoms with Crippen LogP contribution in [0, 0.1) is 5.92 Å².